The summed E-state index contributed by atoms with van der Waals surface area (Å²) in [7, 11) is -3.28. The summed E-state index contributed by atoms with van der Waals surface area (Å²) in [5.41, 5.74) is 0. The molecule has 1 aliphatic rings. The third-order valence-corrected chi connectivity index (χ3v) is 4.68. The van der Waals surface area contributed by atoms with E-state index in [9.17, 15) is 8.42 Å². The molecule has 1 aromatic heterocycles. The summed E-state index contributed by atoms with van der Waals surface area (Å²) in [6.07, 6.45) is 1.63. The summed E-state index contributed by atoms with van der Waals surface area (Å²) >= 11 is 1.52. The largest absolute Gasteiger partial charge is 0.379 e. The Morgan fingerprint density at radius 3 is 2.75 bits per heavy atom. The van der Waals surface area contributed by atoms with Gasteiger partial charge in [-0.25, -0.2) is 8.42 Å². The lowest BCUT2D eigenvalue weighted by Crippen LogP contribution is -2.39. The second-order valence-corrected chi connectivity index (χ2v) is 6.17. The molecule has 0 bridgehead atoms. The zero-order chi connectivity index (χ0) is 11.4. The molecule has 0 unspecified atom stereocenters. The van der Waals surface area contributed by atoms with Gasteiger partial charge in [0.1, 0.15) is 0 Å². The number of hydrogen-bond acceptors (Lipinski definition) is 4. The van der Waals surface area contributed by atoms with Gasteiger partial charge in [0.25, 0.3) is 0 Å². The van der Waals surface area contributed by atoms with E-state index in [1.807, 2.05) is 17.5 Å². The molecule has 1 saturated heterocycles. The fraction of sp³-hybridized carbons (Fsp3) is 0.400. The molecule has 88 valence electrons. The molecule has 1 aromatic rings. The van der Waals surface area contributed by atoms with Gasteiger partial charge in [-0.05, 0) is 17.5 Å². The van der Waals surface area contributed by atoms with Gasteiger partial charge in [-0.2, -0.15) is 4.31 Å². The summed E-state index contributed by atoms with van der Waals surface area (Å²) in [6.45, 7) is 1.84. The predicted octanol–water partition coefficient (Wildman–Crippen LogP) is 1.38. The van der Waals surface area contributed by atoms with E-state index in [1.54, 1.807) is 6.08 Å². The SMILES string of the molecule is O=S(=O)(/C=C/c1cccs1)N1CCOCC1. The molecule has 0 saturated carbocycles. The van der Waals surface area contributed by atoms with Crippen molar-refractivity contribution in [2.75, 3.05) is 26.3 Å². The first kappa shape index (κ1) is 11.8. The molecule has 6 heteroatoms. The number of ether oxygens (including phenoxy) is 1. The van der Waals surface area contributed by atoms with Crippen LogP contribution in [0.1, 0.15) is 4.88 Å². The van der Waals surface area contributed by atoms with E-state index < -0.39 is 10.0 Å². The maximum absolute atomic E-state index is 11.9. The molecule has 0 amide bonds. The summed E-state index contributed by atoms with van der Waals surface area (Å²) in [5.74, 6) is 0. The van der Waals surface area contributed by atoms with Crippen molar-refractivity contribution in [2.45, 2.75) is 0 Å². The van der Waals surface area contributed by atoms with E-state index in [0.29, 0.717) is 26.3 Å². The highest BCUT2D eigenvalue weighted by Crippen LogP contribution is 2.13. The fourth-order valence-electron chi connectivity index (χ4n) is 1.43. The van der Waals surface area contributed by atoms with Gasteiger partial charge in [0.15, 0.2) is 0 Å². The molecule has 0 spiro atoms. The van der Waals surface area contributed by atoms with Crippen LogP contribution in [0, 0.1) is 0 Å². The Labute approximate surface area is 99.2 Å². The summed E-state index contributed by atoms with van der Waals surface area (Å²) in [4.78, 5) is 0.942. The van der Waals surface area contributed by atoms with Crippen molar-refractivity contribution in [3.05, 3.63) is 27.8 Å². The highest BCUT2D eigenvalue weighted by Gasteiger charge is 2.21. The number of hydrogen-bond donors (Lipinski definition) is 0. The van der Waals surface area contributed by atoms with Crippen LogP contribution >= 0.6 is 11.3 Å². The van der Waals surface area contributed by atoms with E-state index in [1.165, 1.54) is 21.1 Å². The van der Waals surface area contributed by atoms with Crippen LogP contribution < -0.4 is 0 Å². The lowest BCUT2D eigenvalue weighted by Gasteiger charge is -2.24. The molecule has 0 aromatic carbocycles. The first-order valence-electron chi connectivity index (χ1n) is 4.98. The first-order chi connectivity index (χ1) is 7.68. The minimum Gasteiger partial charge on any atom is -0.379 e. The van der Waals surface area contributed by atoms with E-state index in [-0.39, 0.29) is 0 Å². The quantitative estimate of drug-likeness (QED) is 0.824. The van der Waals surface area contributed by atoms with Crippen LogP contribution in [0.15, 0.2) is 22.9 Å². The van der Waals surface area contributed by atoms with Crippen LogP contribution in [-0.2, 0) is 14.8 Å². The normalized spacial score (nSPS) is 19.2. The Morgan fingerprint density at radius 2 is 2.12 bits per heavy atom. The molecule has 1 fully saturated rings. The molecule has 2 rings (SSSR count). The third-order valence-electron chi connectivity index (χ3n) is 2.28. The van der Waals surface area contributed by atoms with Crippen molar-refractivity contribution >= 4 is 27.4 Å². The minimum atomic E-state index is -3.28. The minimum absolute atomic E-state index is 0.442. The van der Waals surface area contributed by atoms with Crippen molar-refractivity contribution in [3.8, 4) is 0 Å². The van der Waals surface area contributed by atoms with Crippen molar-refractivity contribution in [1.82, 2.24) is 4.31 Å². The molecule has 2 heterocycles. The Morgan fingerprint density at radius 1 is 1.38 bits per heavy atom. The lowest BCUT2D eigenvalue weighted by molar-refractivity contribution is 0.0736. The number of rotatable bonds is 3. The van der Waals surface area contributed by atoms with Gasteiger partial charge in [-0.3, -0.25) is 0 Å². The molecule has 1 aliphatic heterocycles. The topological polar surface area (TPSA) is 46.6 Å². The summed E-state index contributed by atoms with van der Waals surface area (Å²) < 4.78 is 30.3. The highest BCUT2D eigenvalue weighted by atomic mass is 32.2. The third kappa shape index (κ3) is 2.91. The van der Waals surface area contributed by atoms with Crippen molar-refractivity contribution in [3.63, 3.8) is 0 Å². The molecule has 0 radical (unpaired) electrons. The zero-order valence-corrected chi connectivity index (χ0v) is 10.3. The average molecular weight is 259 g/mol. The molecular formula is C10H13NO3S2. The molecular weight excluding hydrogens is 246 g/mol. The number of thiophene rings is 1. The Kier molecular flexibility index (Phi) is 3.75. The highest BCUT2D eigenvalue weighted by molar-refractivity contribution is 7.92. The van der Waals surface area contributed by atoms with Crippen LogP contribution in [0.5, 0.6) is 0 Å². The van der Waals surface area contributed by atoms with Crippen molar-refractivity contribution in [1.29, 1.82) is 0 Å². The van der Waals surface area contributed by atoms with E-state index in [2.05, 4.69) is 0 Å². The van der Waals surface area contributed by atoms with Crippen molar-refractivity contribution < 1.29 is 13.2 Å². The van der Waals surface area contributed by atoms with Crippen molar-refractivity contribution in [2.24, 2.45) is 0 Å². The van der Waals surface area contributed by atoms with Gasteiger partial charge in [0.2, 0.25) is 10.0 Å². The van der Waals surface area contributed by atoms with Gasteiger partial charge in [0, 0.05) is 23.4 Å². The van der Waals surface area contributed by atoms with Crippen LogP contribution in [0.3, 0.4) is 0 Å². The van der Waals surface area contributed by atoms with E-state index in [0.717, 1.165) is 4.88 Å². The Balaban J connectivity index is 2.07. The van der Waals surface area contributed by atoms with Gasteiger partial charge in [-0.1, -0.05) is 6.07 Å². The number of nitrogens with zero attached hydrogens (tertiary/aromatic N) is 1. The average Bonchev–Trinajstić information content (AvgIpc) is 2.81. The smallest absolute Gasteiger partial charge is 0.236 e. The number of morpholine rings is 1. The predicted molar refractivity (Wildman–Crippen MR) is 64.7 cm³/mol. The van der Waals surface area contributed by atoms with Gasteiger partial charge in [-0.15, -0.1) is 11.3 Å². The zero-order valence-electron chi connectivity index (χ0n) is 8.70. The molecule has 4 nitrogen and oxygen atoms in total. The molecule has 16 heavy (non-hydrogen) atoms. The van der Waals surface area contributed by atoms with Gasteiger partial charge < -0.3 is 4.74 Å². The molecule has 0 N–H and O–H groups in total. The van der Waals surface area contributed by atoms with E-state index in [4.69, 9.17) is 4.74 Å². The maximum Gasteiger partial charge on any atom is 0.236 e. The second-order valence-electron chi connectivity index (χ2n) is 3.37. The fourth-order valence-corrected chi connectivity index (χ4v) is 3.28. The Hall–Kier alpha value is -0.690. The monoisotopic (exact) mass is 259 g/mol. The Bertz CT molecular complexity index is 444. The molecule has 0 atom stereocenters. The standard InChI is InChI=1S/C10H13NO3S2/c12-16(13,11-4-6-14-7-5-11)9-3-10-2-1-8-15-10/h1-3,8-9H,4-7H2/b9-3+. The van der Waals surface area contributed by atoms with Crippen LogP contribution in [0.4, 0.5) is 0 Å². The van der Waals surface area contributed by atoms with Crippen LogP contribution in [0.2, 0.25) is 0 Å². The summed E-state index contributed by atoms with van der Waals surface area (Å²) in [6, 6.07) is 3.78. The summed E-state index contributed by atoms with van der Waals surface area (Å²) in [5, 5.41) is 3.19. The van der Waals surface area contributed by atoms with Crippen LogP contribution in [-0.4, -0.2) is 39.0 Å². The first-order valence-corrected chi connectivity index (χ1v) is 7.36. The van der Waals surface area contributed by atoms with E-state index >= 15 is 0 Å². The number of sulfonamides is 1. The van der Waals surface area contributed by atoms with Gasteiger partial charge in [0.05, 0.1) is 13.2 Å². The van der Waals surface area contributed by atoms with Gasteiger partial charge >= 0.3 is 0 Å². The maximum atomic E-state index is 11.9. The lowest BCUT2D eigenvalue weighted by atomic mass is 10.5. The second kappa shape index (κ2) is 5.09. The van der Waals surface area contributed by atoms with Crippen LogP contribution in [0.25, 0.3) is 6.08 Å². The molecule has 0 aliphatic carbocycles.